The Morgan fingerprint density at radius 1 is 1.48 bits per heavy atom. The normalized spacial score (nSPS) is 19.3. The number of carbonyl (C=O) groups excluding carboxylic acids is 1. The second-order valence-electron chi connectivity index (χ2n) is 5.14. The number of pyridine rings is 1. The van der Waals surface area contributed by atoms with Crippen molar-refractivity contribution in [3.8, 4) is 0 Å². The molecule has 1 aliphatic heterocycles. The van der Waals surface area contributed by atoms with Crippen molar-refractivity contribution in [2.45, 2.75) is 19.0 Å². The van der Waals surface area contributed by atoms with Crippen LogP contribution in [0.2, 0.25) is 0 Å². The first-order chi connectivity index (χ1) is 9.90. The van der Waals surface area contributed by atoms with E-state index in [9.17, 15) is 18.0 Å². The molecule has 1 fully saturated rings. The zero-order valence-corrected chi connectivity index (χ0v) is 11.7. The van der Waals surface area contributed by atoms with Crippen molar-refractivity contribution < 1.29 is 22.7 Å². The van der Waals surface area contributed by atoms with Gasteiger partial charge in [0, 0.05) is 38.5 Å². The van der Waals surface area contributed by atoms with Gasteiger partial charge in [0.25, 0.3) is 0 Å². The van der Waals surface area contributed by atoms with Gasteiger partial charge in [0.05, 0.1) is 12.2 Å². The van der Waals surface area contributed by atoms with Gasteiger partial charge < -0.3 is 9.64 Å². The second kappa shape index (κ2) is 6.43. The Balaban J connectivity index is 1.98. The quantitative estimate of drug-likeness (QED) is 0.837. The molecule has 1 aromatic heterocycles. The third-order valence-corrected chi connectivity index (χ3v) is 3.50. The maximum absolute atomic E-state index is 12.6. The molecule has 4 nitrogen and oxygen atoms in total. The summed E-state index contributed by atoms with van der Waals surface area (Å²) >= 11 is 0. The van der Waals surface area contributed by atoms with E-state index in [4.69, 9.17) is 4.74 Å². The molecule has 0 aromatic carbocycles. The van der Waals surface area contributed by atoms with Crippen molar-refractivity contribution in [3.63, 3.8) is 0 Å². The van der Waals surface area contributed by atoms with E-state index in [2.05, 4.69) is 4.98 Å². The van der Waals surface area contributed by atoms with Crippen molar-refractivity contribution in [1.29, 1.82) is 0 Å². The number of nitrogens with zero attached hydrogens (tertiary/aromatic N) is 2. The zero-order chi connectivity index (χ0) is 15.5. The lowest BCUT2D eigenvalue weighted by molar-refractivity contribution is -0.137. The van der Waals surface area contributed by atoms with Crippen molar-refractivity contribution in [2.24, 2.45) is 5.92 Å². The van der Waals surface area contributed by atoms with Crippen LogP contribution in [0.5, 0.6) is 0 Å². The SMILES string of the molecule is COCCN1C[C@H](Cc2cc(C(F)(F)F)ccn2)CC1=O. The van der Waals surface area contributed by atoms with E-state index in [-0.39, 0.29) is 11.8 Å². The molecule has 0 spiro atoms. The van der Waals surface area contributed by atoms with Crippen LogP contribution < -0.4 is 0 Å². The maximum atomic E-state index is 12.6. The number of carbonyl (C=O) groups is 1. The lowest BCUT2D eigenvalue weighted by Crippen LogP contribution is -2.29. The summed E-state index contributed by atoms with van der Waals surface area (Å²) in [7, 11) is 1.56. The lowest BCUT2D eigenvalue weighted by Gasteiger charge is -2.16. The maximum Gasteiger partial charge on any atom is 0.416 e. The summed E-state index contributed by atoms with van der Waals surface area (Å²) in [6.07, 6.45) is -2.48. The number of hydrogen-bond acceptors (Lipinski definition) is 3. The number of aromatic nitrogens is 1. The minimum atomic E-state index is -4.37. The average molecular weight is 302 g/mol. The minimum Gasteiger partial charge on any atom is -0.383 e. The molecular formula is C14H17F3N2O2. The monoisotopic (exact) mass is 302 g/mol. The molecule has 0 bridgehead atoms. The smallest absolute Gasteiger partial charge is 0.383 e. The van der Waals surface area contributed by atoms with E-state index in [1.807, 2.05) is 0 Å². The van der Waals surface area contributed by atoms with Crippen LogP contribution in [-0.2, 0) is 22.1 Å². The molecule has 21 heavy (non-hydrogen) atoms. The highest BCUT2D eigenvalue weighted by molar-refractivity contribution is 5.78. The molecule has 116 valence electrons. The first-order valence-electron chi connectivity index (χ1n) is 6.69. The molecule has 0 N–H and O–H groups in total. The van der Waals surface area contributed by atoms with E-state index in [0.29, 0.717) is 38.2 Å². The van der Waals surface area contributed by atoms with Gasteiger partial charge in [-0.05, 0) is 24.5 Å². The molecule has 1 aromatic rings. The highest BCUT2D eigenvalue weighted by Gasteiger charge is 2.32. The summed E-state index contributed by atoms with van der Waals surface area (Å²) in [5.74, 6) is 0.0226. The fraction of sp³-hybridized carbons (Fsp3) is 0.571. The van der Waals surface area contributed by atoms with E-state index in [1.165, 1.54) is 0 Å². The van der Waals surface area contributed by atoms with Crippen LogP contribution in [0.3, 0.4) is 0 Å². The summed E-state index contributed by atoms with van der Waals surface area (Å²) in [5, 5.41) is 0. The van der Waals surface area contributed by atoms with Gasteiger partial charge in [0.1, 0.15) is 0 Å². The standard InChI is InChI=1S/C14H17F3N2O2/c1-21-5-4-19-9-10(7-13(19)20)6-12-8-11(2-3-18-12)14(15,16)17/h2-3,8,10H,4-7,9H2,1H3/t10-/m1/s1. The Kier molecular flexibility index (Phi) is 4.82. The molecule has 2 heterocycles. The molecule has 1 saturated heterocycles. The molecule has 1 aliphatic rings. The van der Waals surface area contributed by atoms with Gasteiger partial charge in [-0.15, -0.1) is 0 Å². The fourth-order valence-electron chi connectivity index (χ4n) is 2.47. The number of amides is 1. The van der Waals surface area contributed by atoms with E-state index in [1.54, 1.807) is 12.0 Å². The number of alkyl halides is 3. The van der Waals surface area contributed by atoms with Gasteiger partial charge in [0.15, 0.2) is 0 Å². The molecule has 0 unspecified atom stereocenters. The first-order valence-corrected chi connectivity index (χ1v) is 6.69. The van der Waals surface area contributed by atoms with Crippen molar-refractivity contribution in [1.82, 2.24) is 9.88 Å². The first kappa shape index (κ1) is 15.8. The van der Waals surface area contributed by atoms with Crippen molar-refractivity contribution >= 4 is 5.91 Å². The second-order valence-corrected chi connectivity index (χ2v) is 5.14. The summed E-state index contributed by atoms with van der Waals surface area (Å²) in [4.78, 5) is 17.4. The molecule has 1 atom stereocenters. The van der Waals surface area contributed by atoms with Crippen molar-refractivity contribution in [2.75, 3.05) is 26.8 Å². The third-order valence-electron chi connectivity index (χ3n) is 3.50. The number of halogens is 3. The highest BCUT2D eigenvalue weighted by Crippen LogP contribution is 2.30. The van der Waals surface area contributed by atoms with Crippen LogP contribution in [0, 0.1) is 5.92 Å². The lowest BCUT2D eigenvalue weighted by atomic mass is 10.0. The summed E-state index contributed by atoms with van der Waals surface area (Å²) < 4.78 is 42.9. The van der Waals surface area contributed by atoms with E-state index >= 15 is 0 Å². The summed E-state index contributed by atoms with van der Waals surface area (Å²) in [5.41, 5.74) is -0.329. The predicted octanol–water partition coefficient (Wildman–Crippen LogP) is 2.14. The van der Waals surface area contributed by atoms with Crippen LogP contribution >= 0.6 is 0 Å². The molecule has 1 amide bonds. The summed E-state index contributed by atoms with van der Waals surface area (Å²) in [6.45, 7) is 1.52. The van der Waals surface area contributed by atoms with Gasteiger partial charge in [0.2, 0.25) is 5.91 Å². The number of methoxy groups -OCH3 is 1. The van der Waals surface area contributed by atoms with Crippen LogP contribution in [0.1, 0.15) is 17.7 Å². The highest BCUT2D eigenvalue weighted by atomic mass is 19.4. The van der Waals surface area contributed by atoms with E-state index in [0.717, 1.165) is 18.3 Å². The Morgan fingerprint density at radius 3 is 2.90 bits per heavy atom. The van der Waals surface area contributed by atoms with Crippen LogP contribution in [0.4, 0.5) is 13.2 Å². The number of rotatable bonds is 5. The van der Waals surface area contributed by atoms with Gasteiger partial charge in [-0.3, -0.25) is 9.78 Å². The van der Waals surface area contributed by atoms with Gasteiger partial charge in [-0.2, -0.15) is 13.2 Å². The number of hydrogen-bond donors (Lipinski definition) is 0. The Morgan fingerprint density at radius 2 is 2.24 bits per heavy atom. The Labute approximate surface area is 120 Å². The van der Waals surface area contributed by atoms with E-state index < -0.39 is 11.7 Å². The minimum absolute atomic E-state index is 0.00494. The van der Waals surface area contributed by atoms with Crippen molar-refractivity contribution in [3.05, 3.63) is 29.6 Å². The molecular weight excluding hydrogens is 285 g/mol. The Bertz CT molecular complexity index is 505. The van der Waals surface area contributed by atoms with Crippen LogP contribution in [-0.4, -0.2) is 42.6 Å². The van der Waals surface area contributed by atoms with Gasteiger partial charge in [-0.1, -0.05) is 0 Å². The fourth-order valence-corrected chi connectivity index (χ4v) is 2.47. The molecule has 7 heteroatoms. The topological polar surface area (TPSA) is 42.4 Å². The van der Waals surface area contributed by atoms with Crippen LogP contribution in [0.15, 0.2) is 18.3 Å². The predicted molar refractivity (Wildman–Crippen MR) is 69.5 cm³/mol. The molecule has 2 rings (SSSR count). The molecule has 0 saturated carbocycles. The van der Waals surface area contributed by atoms with Crippen LogP contribution in [0.25, 0.3) is 0 Å². The number of ether oxygens (including phenoxy) is 1. The molecule has 0 aliphatic carbocycles. The molecule has 0 radical (unpaired) electrons. The number of likely N-dealkylation sites (tertiary alicyclic amines) is 1. The third kappa shape index (κ3) is 4.17. The summed E-state index contributed by atoms with van der Waals surface area (Å²) in [6, 6.07) is 2.01. The van der Waals surface area contributed by atoms with Gasteiger partial charge in [-0.25, -0.2) is 0 Å². The largest absolute Gasteiger partial charge is 0.416 e. The van der Waals surface area contributed by atoms with Gasteiger partial charge >= 0.3 is 6.18 Å². The zero-order valence-electron chi connectivity index (χ0n) is 11.7. The Hall–Kier alpha value is -1.63. The average Bonchev–Trinajstić information content (AvgIpc) is 2.76.